The van der Waals surface area contributed by atoms with Crippen LogP contribution in [0.4, 0.5) is 5.69 Å². The van der Waals surface area contributed by atoms with Gasteiger partial charge in [0.05, 0.1) is 0 Å². The van der Waals surface area contributed by atoms with Gasteiger partial charge in [-0.25, -0.2) is 0 Å². The quantitative estimate of drug-likeness (QED) is 0.940. The second-order valence-corrected chi connectivity index (χ2v) is 6.13. The molecule has 1 aliphatic rings. The molecule has 0 bridgehead atoms. The lowest BCUT2D eigenvalue weighted by atomic mass is 10.00. The molecule has 1 aromatic carbocycles. The molecule has 3 rings (SSSR count). The van der Waals surface area contributed by atoms with Gasteiger partial charge in [-0.2, -0.15) is 0 Å². The summed E-state index contributed by atoms with van der Waals surface area (Å²) in [6.07, 6.45) is 3.65. The molecule has 0 radical (unpaired) electrons. The van der Waals surface area contributed by atoms with Crippen molar-refractivity contribution < 1.29 is 4.79 Å². The Morgan fingerprint density at radius 3 is 2.87 bits per heavy atom. The van der Waals surface area contributed by atoms with Crippen molar-refractivity contribution in [3.05, 3.63) is 59.4 Å². The van der Waals surface area contributed by atoms with Crippen LogP contribution in [0.25, 0.3) is 0 Å². The molecule has 4 nitrogen and oxygen atoms in total. The number of rotatable bonds is 4. The second kappa shape index (κ2) is 6.82. The van der Waals surface area contributed by atoms with E-state index >= 15 is 0 Å². The first kappa shape index (κ1) is 15.5. The number of pyridine rings is 1. The highest BCUT2D eigenvalue weighted by atomic mass is 16.2. The number of nitrogens with one attached hydrogen (secondary N) is 1. The summed E-state index contributed by atoms with van der Waals surface area (Å²) in [4.78, 5) is 18.9. The van der Waals surface area contributed by atoms with E-state index < -0.39 is 0 Å². The largest absolute Gasteiger partial charge is 0.382 e. The third-order valence-electron chi connectivity index (χ3n) is 4.42. The monoisotopic (exact) mass is 309 g/mol. The van der Waals surface area contributed by atoms with Gasteiger partial charge in [-0.1, -0.05) is 31.2 Å². The Morgan fingerprint density at radius 1 is 1.30 bits per heavy atom. The summed E-state index contributed by atoms with van der Waals surface area (Å²) in [5.41, 5.74) is 4.05. The summed E-state index contributed by atoms with van der Waals surface area (Å²) in [6.45, 7) is 5.68. The zero-order valence-electron chi connectivity index (χ0n) is 13.7. The molecule has 0 saturated carbocycles. The van der Waals surface area contributed by atoms with E-state index in [2.05, 4.69) is 42.3 Å². The highest BCUT2D eigenvalue weighted by Gasteiger charge is 2.22. The summed E-state index contributed by atoms with van der Waals surface area (Å²) in [5.74, 6) is 0.00676. The lowest BCUT2D eigenvalue weighted by molar-refractivity contribution is 0.0729. The van der Waals surface area contributed by atoms with E-state index in [1.165, 1.54) is 11.1 Å². The maximum absolute atomic E-state index is 12.8. The molecule has 0 saturated heterocycles. The number of carbonyl (C=O) groups is 1. The highest BCUT2D eigenvalue weighted by molar-refractivity contribution is 5.93. The van der Waals surface area contributed by atoms with Crippen molar-refractivity contribution in [2.45, 2.75) is 39.3 Å². The number of aromatic nitrogens is 1. The summed E-state index contributed by atoms with van der Waals surface area (Å²) in [5, 5.41) is 3.39. The fourth-order valence-electron chi connectivity index (χ4n) is 2.85. The van der Waals surface area contributed by atoms with Gasteiger partial charge in [0.25, 0.3) is 5.91 Å². The second-order valence-electron chi connectivity index (χ2n) is 6.13. The number of anilines is 1. The molecule has 4 heteroatoms. The van der Waals surface area contributed by atoms with E-state index in [1.54, 1.807) is 6.20 Å². The number of benzene rings is 1. The summed E-state index contributed by atoms with van der Waals surface area (Å²) < 4.78 is 0. The first-order chi connectivity index (χ1) is 11.2. The molecule has 1 N–H and O–H groups in total. The molecular weight excluding hydrogens is 286 g/mol. The molecule has 0 spiro atoms. The Labute approximate surface area is 137 Å². The van der Waals surface area contributed by atoms with Gasteiger partial charge in [0, 0.05) is 31.0 Å². The van der Waals surface area contributed by atoms with Crippen LogP contribution in [0.5, 0.6) is 0 Å². The molecule has 0 aliphatic carbocycles. The third-order valence-corrected chi connectivity index (χ3v) is 4.42. The van der Waals surface area contributed by atoms with Crippen LogP contribution in [0, 0.1) is 0 Å². The maximum Gasteiger partial charge on any atom is 0.272 e. The molecule has 1 aromatic heterocycles. The SMILES string of the molecule is CCC(C)Nc1ccnc(C(=O)N2CCc3ccccc3C2)c1. The van der Waals surface area contributed by atoms with E-state index in [0.717, 1.165) is 25.1 Å². The molecule has 1 unspecified atom stereocenters. The number of nitrogens with zero attached hydrogens (tertiary/aromatic N) is 2. The van der Waals surface area contributed by atoms with Gasteiger partial charge in [0.1, 0.15) is 5.69 Å². The number of fused-ring (bicyclic) bond motifs is 1. The molecule has 0 fully saturated rings. The fourth-order valence-corrected chi connectivity index (χ4v) is 2.85. The van der Waals surface area contributed by atoms with Gasteiger partial charge in [-0.05, 0) is 43.0 Å². The molecule has 120 valence electrons. The minimum Gasteiger partial charge on any atom is -0.382 e. The van der Waals surface area contributed by atoms with Crippen LogP contribution in [0.1, 0.15) is 41.9 Å². The van der Waals surface area contributed by atoms with Crippen LogP contribution in [-0.2, 0) is 13.0 Å². The lowest BCUT2D eigenvalue weighted by Crippen LogP contribution is -2.36. The van der Waals surface area contributed by atoms with Gasteiger partial charge >= 0.3 is 0 Å². The molecule has 1 amide bonds. The molecular formula is C19H23N3O. The van der Waals surface area contributed by atoms with Crippen molar-refractivity contribution in [1.29, 1.82) is 0 Å². The van der Waals surface area contributed by atoms with Crippen molar-refractivity contribution in [3.8, 4) is 0 Å². The van der Waals surface area contributed by atoms with Gasteiger partial charge in [0.15, 0.2) is 0 Å². The Morgan fingerprint density at radius 2 is 2.09 bits per heavy atom. The smallest absolute Gasteiger partial charge is 0.272 e. The summed E-state index contributed by atoms with van der Waals surface area (Å²) >= 11 is 0. The van der Waals surface area contributed by atoms with E-state index in [0.29, 0.717) is 18.3 Å². The highest BCUT2D eigenvalue weighted by Crippen LogP contribution is 2.20. The van der Waals surface area contributed by atoms with Crippen molar-refractivity contribution >= 4 is 11.6 Å². The molecule has 1 aliphatic heterocycles. The van der Waals surface area contributed by atoms with Crippen molar-refractivity contribution in [2.75, 3.05) is 11.9 Å². The summed E-state index contributed by atoms with van der Waals surface area (Å²) in [7, 11) is 0. The van der Waals surface area contributed by atoms with Gasteiger partial charge in [0.2, 0.25) is 0 Å². The minimum atomic E-state index is 0.00676. The lowest BCUT2D eigenvalue weighted by Gasteiger charge is -2.28. The number of carbonyl (C=O) groups excluding carboxylic acids is 1. The van der Waals surface area contributed by atoms with E-state index in [-0.39, 0.29) is 5.91 Å². The van der Waals surface area contributed by atoms with Crippen molar-refractivity contribution in [3.63, 3.8) is 0 Å². The molecule has 2 aromatic rings. The molecule has 1 atom stereocenters. The normalized spacial score (nSPS) is 15.0. The molecule has 2 heterocycles. The fraction of sp³-hybridized carbons (Fsp3) is 0.368. The van der Waals surface area contributed by atoms with Crippen LogP contribution in [-0.4, -0.2) is 28.4 Å². The van der Waals surface area contributed by atoms with Crippen molar-refractivity contribution in [1.82, 2.24) is 9.88 Å². The number of amides is 1. The van der Waals surface area contributed by atoms with E-state index in [4.69, 9.17) is 0 Å². The standard InChI is InChI=1S/C19H23N3O/c1-3-14(2)21-17-8-10-20-18(12-17)19(23)22-11-9-15-6-4-5-7-16(15)13-22/h4-8,10,12,14H,3,9,11,13H2,1-2H3,(H,20,21). The number of hydrogen-bond acceptors (Lipinski definition) is 3. The zero-order valence-corrected chi connectivity index (χ0v) is 13.7. The van der Waals surface area contributed by atoms with Crippen LogP contribution >= 0.6 is 0 Å². The topological polar surface area (TPSA) is 45.2 Å². The van der Waals surface area contributed by atoms with Crippen LogP contribution < -0.4 is 5.32 Å². The van der Waals surface area contributed by atoms with Crippen LogP contribution in [0.3, 0.4) is 0 Å². The summed E-state index contributed by atoms with van der Waals surface area (Å²) in [6, 6.07) is 12.5. The Hall–Kier alpha value is -2.36. The predicted molar refractivity (Wildman–Crippen MR) is 92.5 cm³/mol. The Balaban J connectivity index is 1.75. The molecule has 23 heavy (non-hydrogen) atoms. The average molecular weight is 309 g/mol. The average Bonchev–Trinajstić information content (AvgIpc) is 2.60. The van der Waals surface area contributed by atoms with Gasteiger partial charge in [-0.3, -0.25) is 9.78 Å². The van der Waals surface area contributed by atoms with E-state index in [9.17, 15) is 4.79 Å². The maximum atomic E-state index is 12.8. The van der Waals surface area contributed by atoms with Gasteiger partial charge < -0.3 is 10.2 Å². The Kier molecular flexibility index (Phi) is 4.60. The Bertz CT molecular complexity index is 699. The first-order valence-electron chi connectivity index (χ1n) is 8.26. The van der Waals surface area contributed by atoms with Crippen LogP contribution in [0.15, 0.2) is 42.6 Å². The van der Waals surface area contributed by atoms with Gasteiger partial charge in [-0.15, -0.1) is 0 Å². The predicted octanol–water partition coefficient (Wildman–Crippen LogP) is 3.49. The zero-order chi connectivity index (χ0) is 16.2. The number of hydrogen-bond donors (Lipinski definition) is 1. The van der Waals surface area contributed by atoms with Crippen molar-refractivity contribution in [2.24, 2.45) is 0 Å². The minimum absolute atomic E-state index is 0.00676. The van der Waals surface area contributed by atoms with E-state index in [1.807, 2.05) is 23.1 Å². The third kappa shape index (κ3) is 3.52. The van der Waals surface area contributed by atoms with Crippen LogP contribution in [0.2, 0.25) is 0 Å². The first-order valence-corrected chi connectivity index (χ1v) is 8.26.